The molecule has 0 amide bonds. The fourth-order valence-corrected chi connectivity index (χ4v) is 2.97. The molecule has 0 atom stereocenters. The van der Waals surface area contributed by atoms with Crippen molar-refractivity contribution in [2.75, 3.05) is 17.7 Å². The molecule has 1 heterocycles. The maximum atomic E-state index is 4.77. The molecule has 0 spiro atoms. The van der Waals surface area contributed by atoms with Crippen LogP contribution in [-0.2, 0) is 6.42 Å². The summed E-state index contributed by atoms with van der Waals surface area (Å²) in [6, 6.07) is 0.641. The van der Waals surface area contributed by atoms with E-state index in [1.165, 1.54) is 25.7 Å². The van der Waals surface area contributed by atoms with Crippen LogP contribution in [0.3, 0.4) is 0 Å². The predicted octanol–water partition coefficient (Wildman–Crippen LogP) is 3.38. The van der Waals surface area contributed by atoms with Crippen molar-refractivity contribution >= 4 is 11.6 Å². The average Bonchev–Trinajstić information content (AvgIpc) is 3.31. The molecular weight excluding hydrogens is 248 g/mol. The Labute approximate surface area is 121 Å². The van der Waals surface area contributed by atoms with Crippen LogP contribution in [0.1, 0.15) is 50.4 Å². The minimum absolute atomic E-state index is 0.641. The maximum absolute atomic E-state index is 4.77. The summed E-state index contributed by atoms with van der Waals surface area (Å²) in [5.74, 6) is 4.73. The zero-order valence-electron chi connectivity index (χ0n) is 12.9. The zero-order valence-corrected chi connectivity index (χ0v) is 12.9. The van der Waals surface area contributed by atoms with Crippen LogP contribution in [0, 0.1) is 18.8 Å². The van der Waals surface area contributed by atoms with E-state index >= 15 is 0 Å². The van der Waals surface area contributed by atoms with Gasteiger partial charge in [-0.25, -0.2) is 9.97 Å². The fourth-order valence-electron chi connectivity index (χ4n) is 2.97. The minimum Gasteiger partial charge on any atom is -0.373 e. The van der Waals surface area contributed by atoms with Crippen molar-refractivity contribution in [2.45, 2.75) is 58.4 Å². The number of nitrogens with one attached hydrogen (secondary N) is 2. The van der Waals surface area contributed by atoms with Gasteiger partial charge in [0, 0.05) is 25.1 Å². The van der Waals surface area contributed by atoms with E-state index in [2.05, 4.69) is 29.5 Å². The first-order chi connectivity index (χ1) is 9.72. The number of rotatable bonds is 7. The Morgan fingerprint density at radius 1 is 1.10 bits per heavy atom. The van der Waals surface area contributed by atoms with Crippen LogP contribution in [0.5, 0.6) is 0 Å². The number of aryl methyl sites for hydroxylation is 1. The van der Waals surface area contributed by atoms with E-state index < -0.39 is 0 Å². The lowest BCUT2D eigenvalue weighted by Gasteiger charge is -2.21. The molecule has 2 fully saturated rings. The molecule has 0 radical (unpaired) electrons. The average molecular weight is 274 g/mol. The summed E-state index contributed by atoms with van der Waals surface area (Å²) >= 11 is 0. The molecule has 2 aliphatic carbocycles. The monoisotopic (exact) mass is 274 g/mol. The van der Waals surface area contributed by atoms with Crippen molar-refractivity contribution in [3.63, 3.8) is 0 Å². The Bertz CT molecular complexity index is 466. The third-order valence-corrected chi connectivity index (χ3v) is 4.47. The summed E-state index contributed by atoms with van der Waals surface area (Å²) in [6.45, 7) is 4.29. The minimum atomic E-state index is 0.641. The standard InChI is InChI=1S/C16H26N4/c1-4-5-13-18-15(17-3)10(2)16(19-13)20-14(11-6-7-11)12-8-9-12/h11-12,14H,4-9H2,1-3H3,(H2,17,18,19,20). The van der Waals surface area contributed by atoms with Gasteiger partial charge in [-0.15, -0.1) is 0 Å². The van der Waals surface area contributed by atoms with Gasteiger partial charge >= 0.3 is 0 Å². The molecule has 1 aromatic rings. The zero-order chi connectivity index (χ0) is 14.1. The highest BCUT2D eigenvalue weighted by molar-refractivity contribution is 5.57. The lowest BCUT2D eigenvalue weighted by molar-refractivity contribution is 0.564. The number of anilines is 2. The highest BCUT2D eigenvalue weighted by atomic mass is 15.1. The molecular formula is C16H26N4. The van der Waals surface area contributed by atoms with E-state index in [9.17, 15) is 0 Å². The smallest absolute Gasteiger partial charge is 0.135 e. The Balaban J connectivity index is 1.84. The molecule has 110 valence electrons. The van der Waals surface area contributed by atoms with Crippen LogP contribution < -0.4 is 10.6 Å². The van der Waals surface area contributed by atoms with E-state index in [0.29, 0.717) is 6.04 Å². The number of hydrogen-bond donors (Lipinski definition) is 2. The van der Waals surface area contributed by atoms with Crippen molar-refractivity contribution < 1.29 is 0 Å². The van der Waals surface area contributed by atoms with Crippen LogP contribution in [0.4, 0.5) is 11.6 Å². The second-order valence-corrected chi connectivity index (χ2v) is 6.31. The highest BCUT2D eigenvalue weighted by Gasteiger charge is 2.41. The molecule has 2 aliphatic rings. The van der Waals surface area contributed by atoms with Crippen molar-refractivity contribution in [1.82, 2.24) is 9.97 Å². The van der Waals surface area contributed by atoms with Crippen LogP contribution in [0.15, 0.2) is 0 Å². The molecule has 0 aromatic carbocycles. The molecule has 20 heavy (non-hydrogen) atoms. The highest BCUT2D eigenvalue weighted by Crippen LogP contribution is 2.46. The van der Waals surface area contributed by atoms with Gasteiger partial charge in [0.2, 0.25) is 0 Å². The van der Waals surface area contributed by atoms with E-state index in [4.69, 9.17) is 4.98 Å². The SMILES string of the molecule is CCCc1nc(NC)c(C)c(NC(C2CC2)C2CC2)n1. The molecule has 0 bridgehead atoms. The Morgan fingerprint density at radius 3 is 2.20 bits per heavy atom. The van der Waals surface area contributed by atoms with Gasteiger partial charge < -0.3 is 10.6 Å². The van der Waals surface area contributed by atoms with Crippen molar-refractivity contribution in [3.8, 4) is 0 Å². The van der Waals surface area contributed by atoms with E-state index in [0.717, 1.165) is 47.7 Å². The molecule has 2 saturated carbocycles. The topological polar surface area (TPSA) is 49.8 Å². The van der Waals surface area contributed by atoms with Gasteiger partial charge in [-0.2, -0.15) is 0 Å². The maximum Gasteiger partial charge on any atom is 0.135 e. The van der Waals surface area contributed by atoms with Crippen molar-refractivity contribution in [1.29, 1.82) is 0 Å². The largest absolute Gasteiger partial charge is 0.373 e. The molecule has 1 aromatic heterocycles. The summed E-state index contributed by atoms with van der Waals surface area (Å²) < 4.78 is 0. The second-order valence-electron chi connectivity index (χ2n) is 6.31. The first kappa shape index (κ1) is 13.7. The number of nitrogens with zero attached hydrogens (tertiary/aromatic N) is 2. The van der Waals surface area contributed by atoms with Gasteiger partial charge in [-0.1, -0.05) is 6.92 Å². The quantitative estimate of drug-likeness (QED) is 0.800. The van der Waals surface area contributed by atoms with Crippen LogP contribution in [0.2, 0.25) is 0 Å². The summed E-state index contributed by atoms with van der Waals surface area (Å²) in [4.78, 5) is 9.38. The van der Waals surface area contributed by atoms with Crippen LogP contribution in [-0.4, -0.2) is 23.1 Å². The third kappa shape index (κ3) is 2.89. The molecule has 4 heteroatoms. The molecule has 2 N–H and O–H groups in total. The first-order valence-corrected chi connectivity index (χ1v) is 8.04. The summed E-state index contributed by atoms with van der Waals surface area (Å²) in [5, 5.41) is 6.96. The lowest BCUT2D eigenvalue weighted by atomic mass is 10.1. The Hall–Kier alpha value is -1.32. The van der Waals surface area contributed by atoms with Gasteiger partial charge in [0.15, 0.2) is 0 Å². The summed E-state index contributed by atoms with van der Waals surface area (Å²) in [7, 11) is 1.94. The fraction of sp³-hybridized carbons (Fsp3) is 0.750. The predicted molar refractivity (Wildman–Crippen MR) is 83.2 cm³/mol. The first-order valence-electron chi connectivity index (χ1n) is 8.04. The van der Waals surface area contributed by atoms with E-state index in [1.807, 2.05) is 7.05 Å². The Kier molecular flexibility index (Phi) is 3.81. The van der Waals surface area contributed by atoms with Crippen LogP contribution in [0.25, 0.3) is 0 Å². The van der Waals surface area contributed by atoms with Gasteiger partial charge in [0.05, 0.1) is 0 Å². The van der Waals surface area contributed by atoms with Crippen molar-refractivity contribution in [2.24, 2.45) is 11.8 Å². The molecule has 0 aliphatic heterocycles. The second kappa shape index (κ2) is 5.58. The lowest BCUT2D eigenvalue weighted by Crippen LogP contribution is -2.26. The molecule has 0 unspecified atom stereocenters. The molecule has 0 saturated heterocycles. The molecule has 4 nitrogen and oxygen atoms in total. The van der Waals surface area contributed by atoms with Gasteiger partial charge in [0.1, 0.15) is 17.5 Å². The number of aromatic nitrogens is 2. The van der Waals surface area contributed by atoms with E-state index in [1.54, 1.807) is 0 Å². The number of hydrogen-bond acceptors (Lipinski definition) is 4. The Morgan fingerprint density at radius 2 is 1.70 bits per heavy atom. The van der Waals surface area contributed by atoms with Crippen molar-refractivity contribution in [3.05, 3.63) is 11.4 Å². The summed E-state index contributed by atoms with van der Waals surface area (Å²) in [5.41, 5.74) is 1.15. The van der Waals surface area contributed by atoms with Gasteiger partial charge in [-0.3, -0.25) is 0 Å². The normalized spacial score (nSPS) is 18.4. The third-order valence-electron chi connectivity index (χ3n) is 4.47. The molecule has 3 rings (SSSR count). The summed E-state index contributed by atoms with van der Waals surface area (Å²) in [6.07, 6.45) is 7.58. The van der Waals surface area contributed by atoms with Gasteiger partial charge in [-0.05, 0) is 50.9 Å². The van der Waals surface area contributed by atoms with Gasteiger partial charge in [0.25, 0.3) is 0 Å². The van der Waals surface area contributed by atoms with E-state index in [-0.39, 0.29) is 0 Å². The van der Waals surface area contributed by atoms with Crippen LogP contribution >= 0.6 is 0 Å².